The maximum atomic E-state index is 14.0. The van der Waals surface area contributed by atoms with Gasteiger partial charge in [-0.1, -0.05) is 69.7 Å². The summed E-state index contributed by atoms with van der Waals surface area (Å²) < 4.78 is 15.0. The van der Waals surface area contributed by atoms with E-state index in [1.165, 1.54) is 0 Å². The third kappa shape index (κ3) is 2.60. The van der Waals surface area contributed by atoms with Gasteiger partial charge >= 0.3 is 0 Å². The second kappa shape index (κ2) is 5.23. The van der Waals surface area contributed by atoms with Gasteiger partial charge in [0.25, 0.3) is 0 Å². The minimum absolute atomic E-state index is 0.249. The summed E-state index contributed by atoms with van der Waals surface area (Å²) in [4.78, 5) is 4.41. The molecule has 19 heavy (non-hydrogen) atoms. The molecule has 94 valence electrons. The van der Waals surface area contributed by atoms with E-state index in [1.54, 1.807) is 0 Å². The van der Waals surface area contributed by atoms with Gasteiger partial charge in [-0.05, 0) is 12.1 Å². The first kappa shape index (κ1) is 12.5. The second-order valence-electron chi connectivity index (χ2n) is 4.01. The van der Waals surface area contributed by atoms with Gasteiger partial charge in [0.15, 0.2) is 0 Å². The quantitative estimate of drug-likeness (QED) is 0.613. The van der Waals surface area contributed by atoms with Crippen LogP contribution in [0.4, 0.5) is 4.39 Å². The van der Waals surface area contributed by atoms with Gasteiger partial charge in [-0.2, -0.15) is 4.39 Å². The molecular weight excluding hydrogens is 325 g/mol. The van der Waals surface area contributed by atoms with Crippen molar-refractivity contribution in [2.75, 3.05) is 0 Å². The lowest BCUT2D eigenvalue weighted by Crippen LogP contribution is -1.81. The van der Waals surface area contributed by atoms with E-state index in [-0.39, 0.29) is 5.13 Å². The smallest absolute Gasteiger partial charge is 0.204 e. The first-order chi connectivity index (χ1) is 9.24. The van der Waals surface area contributed by atoms with Gasteiger partial charge in [0.05, 0.1) is 0 Å². The molecule has 3 aromatic rings. The van der Waals surface area contributed by atoms with Gasteiger partial charge in [0, 0.05) is 15.6 Å². The van der Waals surface area contributed by atoms with Gasteiger partial charge in [0.2, 0.25) is 5.13 Å². The van der Waals surface area contributed by atoms with Crippen molar-refractivity contribution in [1.29, 1.82) is 0 Å². The van der Waals surface area contributed by atoms with Crippen LogP contribution in [-0.2, 0) is 0 Å². The average Bonchev–Trinajstić information content (AvgIpc) is 2.83. The Bertz CT molecular complexity index is 692. The fourth-order valence-electron chi connectivity index (χ4n) is 1.79. The molecule has 0 saturated heterocycles. The lowest BCUT2D eigenvalue weighted by Gasteiger charge is -1.97. The van der Waals surface area contributed by atoms with Crippen LogP contribution in [0.5, 0.6) is 0 Å². The number of halogens is 2. The van der Waals surface area contributed by atoms with Crippen molar-refractivity contribution in [2.24, 2.45) is 0 Å². The van der Waals surface area contributed by atoms with E-state index in [1.807, 2.05) is 54.6 Å². The highest BCUT2D eigenvalue weighted by atomic mass is 79.9. The standard InChI is InChI=1S/C15H9BrFNS/c16-12-8-6-10(7-9-12)13-14(17)19-15(18-13)11-4-2-1-3-5-11/h1-9H. The van der Waals surface area contributed by atoms with Gasteiger partial charge in [-0.3, -0.25) is 0 Å². The minimum Gasteiger partial charge on any atom is -0.233 e. The SMILES string of the molecule is Fc1sc(-c2ccccc2)nc1-c1ccc(Br)cc1. The Morgan fingerprint density at radius 3 is 2.26 bits per heavy atom. The Kier molecular flexibility index (Phi) is 3.44. The molecule has 1 heterocycles. The lowest BCUT2D eigenvalue weighted by atomic mass is 10.2. The zero-order chi connectivity index (χ0) is 13.2. The van der Waals surface area contributed by atoms with Crippen LogP contribution in [0, 0.1) is 5.13 Å². The molecule has 0 aliphatic rings. The number of rotatable bonds is 2. The number of nitrogens with zero attached hydrogens (tertiary/aromatic N) is 1. The van der Waals surface area contributed by atoms with E-state index in [4.69, 9.17) is 0 Å². The topological polar surface area (TPSA) is 12.9 Å². The number of hydrogen-bond acceptors (Lipinski definition) is 2. The van der Waals surface area contributed by atoms with Crippen molar-refractivity contribution in [1.82, 2.24) is 4.98 Å². The summed E-state index contributed by atoms with van der Waals surface area (Å²) in [5.74, 6) is 0. The molecule has 0 aliphatic carbocycles. The molecule has 3 rings (SSSR count). The lowest BCUT2D eigenvalue weighted by molar-refractivity contribution is 0.657. The number of hydrogen-bond donors (Lipinski definition) is 0. The van der Waals surface area contributed by atoms with E-state index in [2.05, 4.69) is 20.9 Å². The molecule has 0 unspecified atom stereocenters. The zero-order valence-corrected chi connectivity index (χ0v) is 12.2. The van der Waals surface area contributed by atoms with Crippen LogP contribution in [-0.4, -0.2) is 4.98 Å². The predicted molar refractivity (Wildman–Crippen MR) is 80.6 cm³/mol. The normalized spacial score (nSPS) is 10.6. The molecule has 1 nitrogen and oxygen atoms in total. The van der Waals surface area contributed by atoms with Crippen LogP contribution in [0.15, 0.2) is 59.1 Å². The minimum atomic E-state index is -0.249. The van der Waals surface area contributed by atoms with Gasteiger partial charge in [-0.25, -0.2) is 4.98 Å². The maximum Gasteiger partial charge on any atom is 0.204 e. The largest absolute Gasteiger partial charge is 0.233 e. The predicted octanol–water partition coefficient (Wildman–Crippen LogP) is 5.38. The van der Waals surface area contributed by atoms with Crippen molar-refractivity contribution in [2.45, 2.75) is 0 Å². The second-order valence-corrected chi connectivity index (χ2v) is 5.88. The van der Waals surface area contributed by atoms with Crippen LogP contribution in [0.25, 0.3) is 21.8 Å². The first-order valence-corrected chi connectivity index (χ1v) is 7.32. The summed E-state index contributed by atoms with van der Waals surface area (Å²) in [6.45, 7) is 0. The Morgan fingerprint density at radius 2 is 1.58 bits per heavy atom. The Morgan fingerprint density at radius 1 is 0.895 bits per heavy atom. The third-order valence-corrected chi connectivity index (χ3v) is 4.15. The Labute approximate surface area is 122 Å². The molecular formula is C15H9BrFNS. The highest BCUT2D eigenvalue weighted by molar-refractivity contribution is 9.10. The summed E-state index contributed by atoms with van der Waals surface area (Å²) in [6.07, 6.45) is 0. The monoisotopic (exact) mass is 333 g/mol. The molecule has 2 aromatic carbocycles. The highest BCUT2D eigenvalue weighted by Crippen LogP contribution is 2.32. The van der Waals surface area contributed by atoms with E-state index >= 15 is 0 Å². The fourth-order valence-corrected chi connectivity index (χ4v) is 2.88. The molecule has 0 aliphatic heterocycles. The van der Waals surface area contributed by atoms with Gasteiger partial charge in [0.1, 0.15) is 10.7 Å². The van der Waals surface area contributed by atoms with Crippen molar-refractivity contribution < 1.29 is 4.39 Å². The average molecular weight is 334 g/mol. The molecule has 1 aromatic heterocycles. The van der Waals surface area contributed by atoms with E-state index < -0.39 is 0 Å². The van der Waals surface area contributed by atoms with Gasteiger partial charge in [-0.15, -0.1) is 0 Å². The van der Waals surface area contributed by atoms with Crippen molar-refractivity contribution in [3.05, 3.63) is 64.2 Å². The number of benzene rings is 2. The van der Waals surface area contributed by atoms with Crippen LogP contribution in [0.3, 0.4) is 0 Å². The van der Waals surface area contributed by atoms with Crippen LogP contribution in [0.1, 0.15) is 0 Å². The summed E-state index contributed by atoms with van der Waals surface area (Å²) in [6, 6.07) is 17.1. The molecule has 0 fully saturated rings. The Hall–Kier alpha value is -1.52. The molecule has 0 saturated carbocycles. The summed E-state index contributed by atoms with van der Waals surface area (Å²) in [5, 5.41) is 0.456. The van der Waals surface area contributed by atoms with E-state index in [0.717, 1.165) is 26.9 Å². The van der Waals surface area contributed by atoms with Crippen LogP contribution >= 0.6 is 27.3 Å². The van der Waals surface area contributed by atoms with Crippen molar-refractivity contribution in [3.63, 3.8) is 0 Å². The summed E-state index contributed by atoms with van der Waals surface area (Å²) in [7, 11) is 0. The summed E-state index contributed by atoms with van der Waals surface area (Å²) >= 11 is 4.44. The van der Waals surface area contributed by atoms with Crippen molar-refractivity contribution >= 4 is 27.3 Å². The van der Waals surface area contributed by atoms with Crippen LogP contribution in [0.2, 0.25) is 0 Å². The molecule has 0 N–H and O–H groups in total. The Balaban J connectivity index is 2.05. The molecule has 4 heteroatoms. The van der Waals surface area contributed by atoms with Crippen LogP contribution < -0.4 is 0 Å². The zero-order valence-electron chi connectivity index (χ0n) is 9.81. The van der Waals surface area contributed by atoms with E-state index in [0.29, 0.717) is 10.7 Å². The first-order valence-electron chi connectivity index (χ1n) is 5.72. The van der Waals surface area contributed by atoms with E-state index in [9.17, 15) is 4.39 Å². The number of thiazole rings is 1. The highest BCUT2D eigenvalue weighted by Gasteiger charge is 2.13. The summed E-state index contributed by atoms with van der Waals surface area (Å²) in [5.41, 5.74) is 2.14. The molecule has 0 atom stereocenters. The van der Waals surface area contributed by atoms with Crippen molar-refractivity contribution in [3.8, 4) is 21.8 Å². The number of aromatic nitrogens is 1. The molecule has 0 radical (unpaired) electrons. The van der Waals surface area contributed by atoms with Gasteiger partial charge < -0.3 is 0 Å². The maximum absolute atomic E-state index is 14.0. The molecule has 0 amide bonds. The molecule has 0 bridgehead atoms. The molecule has 0 spiro atoms. The third-order valence-electron chi connectivity index (χ3n) is 2.72. The fraction of sp³-hybridized carbons (Fsp3) is 0.